The zero-order valence-electron chi connectivity index (χ0n) is 39.4. The molecule has 19 nitrogen and oxygen atoms in total. The van der Waals surface area contributed by atoms with Crippen LogP contribution in [0, 0.1) is 38.0 Å². The number of carbonyl (C=O) groups is 5. The number of nitro groups is 2. The van der Waals surface area contributed by atoms with Crippen molar-refractivity contribution in [2.24, 2.45) is 17.8 Å². The molecule has 376 valence electrons. The number of nitro benzene ring substituents is 2. The van der Waals surface area contributed by atoms with Crippen molar-refractivity contribution in [3.05, 3.63) is 140 Å². The maximum Gasteiger partial charge on any atom is 0.346 e. The molecule has 0 spiro atoms. The maximum absolute atomic E-state index is 15.1. The van der Waals surface area contributed by atoms with Crippen molar-refractivity contribution in [1.82, 2.24) is 0 Å². The summed E-state index contributed by atoms with van der Waals surface area (Å²) in [6.07, 6.45) is -4.35. The van der Waals surface area contributed by atoms with Crippen molar-refractivity contribution in [3.63, 3.8) is 0 Å². The number of nitrogens with zero attached hydrogens (tertiary/aromatic N) is 2. The van der Waals surface area contributed by atoms with Crippen LogP contribution in [0.5, 0.6) is 0 Å². The molecule has 5 rings (SSSR count). The fraction of sp³-hybridized carbons (Fsp3) is 0.460. The van der Waals surface area contributed by atoms with Crippen molar-refractivity contribution in [2.45, 2.75) is 121 Å². The van der Waals surface area contributed by atoms with Gasteiger partial charge in [0.1, 0.15) is 25.4 Å². The number of ether oxygens (including phenoxy) is 6. The molecule has 2 aliphatic heterocycles. The first-order valence-electron chi connectivity index (χ1n) is 22.6. The second-order valence-corrected chi connectivity index (χ2v) is 18.3. The third-order valence-electron chi connectivity index (χ3n) is 12.5. The minimum atomic E-state index is -3.66. The number of non-ortho nitro benzene ring substituents is 2. The van der Waals surface area contributed by atoms with Crippen molar-refractivity contribution >= 4 is 57.0 Å². The number of aliphatic hydroxyl groups is 2. The Kier molecular flexibility index (Phi) is 18.5. The largest absolute Gasteiger partial charge is 0.459 e. The number of aliphatic hydroxyl groups excluding tert-OH is 1. The van der Waals surface area contributed by atoms with E-state index in [0.29, 0.717) is 12.8 Å². The van der Waals surface area contributed by atoms with Crippen LogP contribution in [-0.4, -0.2) is 96.5 Å². The molecule has 0 aliphatic carbocycles. The van der Waals surface area contributed by atoms with Crippen LogP contribution in [0.1, 0.15) is 77.0 Å². The van der Waals surface area contributed by atoms with Gasteiger partial charge in [-0.15, -0.1) is 0 Å². The van der Waals surface area contributed by atoms with E-state index in [0.717, 1.165) is 42.3 Å². The number of allylic oxidation sites excluding steroid dienone is 1. The number of carbonyl (C=O) groups excluding carboxylic acids is 5. The number of alkyl halides is 1. The Balaban J connectivity index is 1.65. The Bertz CT molecular complexity index is 2430. The lowest BCUT2D eigenvalue weighted by atomic mass is 9.73. The summed E-state index contributed by atoms with van der Waals surface area (Å²) < 4.78 is 35.6. The van der Waals surface area contributed by atoms with Gasteiger partial charge in [0.2, 0.25) is 11.4 Å². The van der Waals surface area contributed by atoms with Crippen molar-refractivity contribution < 1.29 is 72.5 Å². The Morgan fingerprint density at radius 2 is 1.43 bits per heavy atom. The first kappa shape index (κ1) is 54.7. The van der Waals surface area contributed by atoms with E-state index in [-0.39, 0.29) is 52.2 Å². The lowest BCUT2D eigenvalue weighted by Crippen LogP contribution is -2.78. The third-order valence-corrected chi connectivity index (χ3v) is 13.0. The first-order valence-corrected chi connectivity index (χ1v) is 23.7. The molecule has 20 heteroatoms. The summed E-state index contributed by atoms with van der Waals surface area (Å²) in [7, 11) is 0. The minimum absolute atomic E-state index is 0.154. The predicted molar refractivity (Wildman–Crippen MR) is 252 cm³/mol. The average Bonchev–Trinajstić information content (AvgIpc) is 3.55. The molecule has 3 aromatic rings. The van der Waals surface area contributed by atoms with E-state index in [4.69, 9.17) is 28.4 Å². The van der Waals surface area contributed by atoms with Crippen LogP contribution in [0.3, 0.4) is 0 Å². The molecule has 2 aliphatic rings. The standard InChI is InChI=1S/C50H57BrN2O17/c1-7-30(2)25-31(3)13-22-41(56)68-45-43(57)48(24-23-32(4)42(67-34(6)54)33(5)26-35-11-9-8-10-12-35)69-44(40(55)27-51)49(60,46(58)65-28-36-14-18-38(19-15-36)52(61)62)50(45,70-48)47(59)66-29-37-16-20-39(21-17-37)53(63)64/h8-22,30-31,33,42-45,57,60H,4,7,23-29H2,1-3,5-6H3/b22-13+/t30-,31+,33+,42+,43+,44+,45+,48-,49+,50-/m0/s1. The van der Waals surface area contributed by atoms with E-state index >= 15 is 4.79 Å². The number of esters is 4. The zero-order valence-corrected chi connectivity index (χ0v) is 40.9. The Morgan fingerprint density at radius 1 is 0.871 bits per heavy atom. The van der Waals surface area contributed by atoms with Crippen LogP contribution in [0.25, 0.3) is 0 Å². The molecule has 2 fully saturated rings. The molecule has 2 heterocycles. The highest BCUT2D eigenvalue weighted by Crippen LogP contribution is 2.57. The topological polar surface area (TPSA) is 267 Å². The van der Waals surface area contributed by atoms with Gasteiger partial charge < -0.3 is 38.6 Å². The van der Waals surface area contributed by atoms with Gasteiger partial charge in [-0.25, -0.2) is 14.4 Å². The summed E-state index contributed by atoms with van der Waals surface area (Å²) in [5.74, 6) is -9.19. The van der Waals surface area contributed by atoms with Gasteiger partial charge >= 0.3 is 23.9 Å². The highest BCUT2D eigenvalue weighted by atomic mass is 79.9. The van der Waals surface area contributed by atoms with Crippen LogP contribution >= 0.6 is 15.9 Å². The molecule has 3 aromatic carbocycles. The third kappa shape index (κ3) is 12.2. The number of hydrogen-bond donors (Lipinski definition) is 2. The van der Waals surface area contributed by atoms with Crippen LogP contribution < -0.4 is 0 Å². The minimum Gasteiger partial charge on any atom is -0.459 e. The number of rotatable bonds is 24. The average molecular weight is 1040 g/mol. The van der Waals surface area contributed by atoms with E-state index in [1.165, 1.54) is 37.3 Å². The molecule has 0 amide bonds. The van der Waals surface area contributed by atoms with E-state index in [9.17, 15) is 49.6 Å². The number of fused-ring (bicyclic) bond motifs is 2. The molecule has 0 radical (unpaired) electrons. The quantitative estimate of drug-likeness (QED) is 0.0176. The molecule has 0 saturated carbocycles. The number of benzene rings is 3. The molecular weight excluding hydrogens is 980 g/mol. The predicted octanol–water partition coefficient (Wildman–Crippen LogP) is 6.90. The summed E-state index contributed by atoms with van der Waals surface area (Å²) in [6, 6.07) is 18.9. The second-order valence-electron chi connectivity index (χ2n) is 17.8. The molecular formula is C50H57BrN2O17. The van der Waals surface area contributed by atoms with Crippen LogP contribution in [0.2, 0.25) is 0 Å². The Morgan fingerprint density at radius 3 is 1.94 bits per heavy atom. The van der Waals surface area contributed by atoms with Crippen LogP contribution in [0.15, 0.2) is 103 Å². The highest BCUT2D eigenvalue weighted by Gasteiger charge is 2.86. The monoisotopic (exact) mass is 1040 g/mol. The molecule has 70 heavy (non-hydrogen) atoms. The fourth-order valence-corrected chi connectivity index (χ4v) is 8.93. The Hall–Kier alpha value is -6.19. The number of hydrogen-bond acceptors (Lipinski definition) is 17. The molecule has 2 N–H and O–H groups in total. The smallest absolute Gasteiger partial charge is 0.346 e. The maximum atomic E-state index is 15.1. The Labute approximate surface area is 412 Å². The molecule has 2 bridgehead atoms. The zero-order chi connectivity index (χ0) is 51.6. The lowest BCUT2D eigenvalue weighted by molar-refractivity contribution is -0.385. The van der Waals surface area contributed by atoms with Gasteiger partial charge in [0.05, 0.1) is 15.2 Å². The molecule has 0 aromatic heterocycles. The normalized spacial score (nSPS) is 24.4. The fourth-order valence-electron chi connectivity index (χ4n) is 8.64. The van der Waals surface area contributed by atoms with E-state index in [1.807, 2.05) is 58.0 Å². The highest BCUT2D eigenvalue weighted by molar-refractivity contribution is 9.09. The van der Waals surface area contributed by atoms with Gasteiger partial charge in [-0.3, -0.25) is 29.8 Å². The number of ketones is 1. The SMILES string of the molecule is C=C(CC[C@]12O[C@H](C(=O)CBr)[C@@](O)(C(=O)OCc3ccc([N+](=O)[O-])cc3)[C@](C(=O)OCc3ccc([N+](=O)[O-])cc3)(O1)[C@H](OC(=O)/C=C/[C@@H](C)C[C@@H](C)CC)[C@H]2O)[C@@H](OC(C)=O)[C@H](C)Cc1ccccc1. The van der Waals surface area contributed by atoms with Crippen molar-refractivity contribution in [3.8, 4) is 0 Å². The van der Waals surface area contributed by atoms with Crippen molar-refractivity contribution in [1.29, 1.82) is 0 Å². The summed E-state index contributed by atoms with van der Waals surface area (Å²) >= 11 is 3.06. The summed E-state index contributed by atoms with van der Waals surface area (Å²) in [5, 5.41) is 47.7. The summed E-state index contributed by atoms with van der Waals surface area (Å²) in [5.41, 5.74) is -6.15. The van der Waals surface area contributed by atoms with Gasteiger partial charge in [-0.1, -0.05) is 93.0 Å². The lowest BCUT2D eigenvalue weighted by Gasteiger charge is -2.50. The van der Waals surface area contributed by atoms with Gasteiger partial charge in [-0.05, 0) is 77.6 Å². The molecule has 2 saturated heterocycles. The number of halogens is 1. The van der Waals surface area contributed by atoms with E-state index < -0.39 is 106 Å². The summed E-state index contributed by atoms with van der Waals surface area (Å²) in [4.78, 5) is 91.9. The number of Topliss-reactive ketones (excluding diaryl/α,β-unsaturated/α-hetero) is 1. The van der Waals surface area contributed by atoms with Gasteiger partial charge in [0, 0.05) is 49.6 Å². The second kappa shape index (κ2) is 23.6. The van der Waals surface area contributed by atoms with Crippen LogP contribution in [0.4, 0.5) is 11.4 Å². The van der Waals surface area contributed by atoms with Gasteiger partial charge in [0.25, 0.3) is 17.0 Å². The van der Waals surface area contributed by atoms with Crippen molar-refractivity contribution in [2.75, 3.05) is 5.33 Å². The first-order chi connectivity index (χ1) is 33.1. The van der Waals surface area contributed by atoms with Crippen LogP contribution in [-0.2, 0) is 72.0 Å². The van der Waals surface area contributed by atoms with E-state index in [1.54, 1.807) is 0 Å². The molecule has 10 atom stereocenters. The van der Waals surface area contributed by atoms with Gasteiger partial charge in [0.15, 0.2) is 18.0 Å². The van der Waals surface area contributed by atoms with E-state index in [2.05, 4.69) is 22.5 Å². The molecule has 0 unspecified atom stereocenters. The van der Waals surface area contributed by atoms with Gasteiger partial charge in [-0.2, -0.15) is 0 Å². The summed E-state index contributed by atoms with van der Waals surface area (Å²) in [6.45, 7) is 11.7.